The minimum Gasteiger partial charge on any atom is -0.626 e. The van der Waals surface area contributed by atoms with Crippen LogP contribution in [0.2, 0.25) is 0 Å². The van der Waals surface area contributed by atoms with Crippen molar-refractivity contribution in [2.24, 2.45) is 0 Å². The zero-order valence-electron chi connectivity index (χ0n) is 6.79. The molecule has 1 aromatic carbocycles. The standard InChI is InChI=1S/C9H11N2O/c12-11(7-6-10-8-11)9-4-2-1-3-5-9/h2-5,10H,6-8H2. The van der Waals surface area contributed by atoms with E-state index in [1.54, 1.807) is 12.1 Å². The molecule has 12 heavy (non-hydrogen) atoms. The van der Waals surface area contributed by atoms with Crippen LogP contribution in [0.1, 0.15) is 0 Å². The van der Waals surface area contributed by atoms with Crippen molar-refractivity contribution >= 4 is 5.69 Å². The highest BCUT2D eigenvalue weighted by Crippen LogP contribution is 2.21. The van der Waals surface area contributed by atoms with Gasteiger partial charge in [-0.25, -0.2) is 0 Å². The van der Waals surface area contributed by atoms with Crippen molar-refractivity contribution in [3.05, 3.63) is 35.5 Å². The van der Waals surface area contributed by atoms with Crippen LogP contribution in [-0.2, 0) is 0 Å². The first-order valence-corrected chi connectivity index (χ1v) is 4.07. The molecule has 0 spiro atoms. The molecule has 0 bridgehead atoms. The number of rotatable bonds is 1. The van der Waals surface area contributed by atoms with E-state index in [4.69, 9.17) is 0 Å². The highest BCUT2D eigenvalue weighted by Gasteiger charge is 2.24. The van der Waals surface area contributed by atoms with Crippen molar-refractivity contribution < 1.29 is 0 Å². The van der Waals surface area contributed by atoms with Gasteiger partial charge in [0, 0.05) is 12.1 Å². The van der Waals surface area contributed by atoms with E-state index in [-0.39, 0.29) is 4.65 Å². The lowest BCUT2D eigenvalue weighted by molar-refractivity contribution is 0.449. The summed E-state index contributed by atoms with van der Waals surface area (Å²) in [4.78, 5) is 0. The Hall–Kier alpha value is -0.900. The summed E-state index contributed by atoms with van der Waals surface area (Å²) in [5.41, 5.74) is 0.818. The van der Waals surface area contributed by atoms with Crippen LogP contribution in [0.4, 0.5) is 5.69 Å². The number of benzene rings is 1. The molecule has 1 fully saturated rings. The van der Waals surface area contributed by atoms with Crippen LogP contribution in [0.3, 0.4) is 0 Å². The van der Waals surface area contributed by atoms with E-state index < -0.39 is 0 Å². The summed E-state index contributed by atoms with van der Waals surface area (Å²) in [5, 5.41) is 15.0. The Bertz CT molecular complexity index is 254. The molecule has 1 aliphatic heterocycles. The number of nitrogens with one attached hydrogen (secondary N) is 1. The van der Waals surface area contributed by atoms with Crippen molar-refractivity contribution in [3.8, 4) is 0 Å². The predicted molar refractivity (Wildman–Crippen MR) is 48.2 cm³/mol. The van der Waals surface area contributed by atoms with E-state index in [9.17, 15) is 5.21 Å². The summed E-state index contributed by atoms with van der Waals surface area (Å²) in [5.74, 6) is 0. The van der Waals surface area contributed by atoms with Gasteiger partial charge in [0.2, 0.25) is 0 Å². The van der Waals surface area contributed by atoms with Crippen molar-refractivity contribution in [2.45, 2.75) is 0 Å². The molecule has 0 aromatic heterocycles. The summed E-state index contributed by atoms with van der Waals surface area (Å²) >= 11 is 0. The summed E-state index contributed by atoms with van der Waals surface area (Å²) in [6.07, 6.45) is 0. The lowest BCUT2D eigenvalue weighted by atomic mass is 10.3. The second-order valence-corrected chi connectivity index (χ2v) is 3.03. The SMILES string of the molecule is [O-][N+]1(c2cc[c]cc2)CCNC1. The molecule has 1 atom stereocenters. The van der Waals surface area contributed by atoms with Crippen LogP contribution >= 0.6 is 0 Å². The summed E-state index contributed by atoms with van der Waals surface area (Å²) in [6.45, 7) is 1.93. The van der Waals surface area contributed by atoms with E-state index in [1.165, 1.54) is 0 Å². The van der Waals surface area contributed by atoms with Crippen LogP contribution in [0.15, 0.2) is 24.3 Å². The fourth-order valence-corrected chi connectivity index (χ4v) is 1.47. The van der Waals surface area contributed by atoms with Crippen LogP contribution in [0.25, 0.3) is 0 Å². The Morgan fingerprint density at radius 3 is 2.75 bits per heavy atom. The maximum absolute atomic E-state index is 12.0. The van der Waals surface area contributed by atoms with Gasteiger partial charge >= 0.3 is 0 Å². The Morgan fingerprint density at radius 1 is 1.42 bits per heavy atom. The Morgan fingerprint density at radius 2 is 2.17 bits per heavy atom. The second kappa shape index (κ2) is 2.86. The fraction of sp³-hybridized carbons (Fsp3) is 0.333. The normalized spacial score (nSPS) is 29.1. The summed E-state index contributed by atoms with van der Waals surface area (Å²) in [6, 6.07) is 10.1. The van der Waals surface area contributed by atoms with Gasteiger partial charge in [-0.05, 0) is 18.2 Å². The van der Waals surface area contributed by atoms with Gasteiger partial charge in [0.25, 0.3) is 0 Å². The van der Waals surface area contributed by atoms with Crippen molar-refractivity contribution in [1.82, 2.24) is 9.96 Å². The van der Waals surface area contributed by atoms with E-state index in [0.29, 0.717) is 13.2 Å². The average molecular weight is 163 g/mol. The highest BCUT2D eigenvalue weighted by atomic mass is 16.6. The van der Waals surface area contributed by atoms with E-state index in [2.05, 4.69) is 11.4 Å². The van der Waals surface area contributed by atoms with Gasteiger partial charge < -0.3 is 9.85 Å². The largest absolute Gasteiger partial charge is 0.626 e. The molecule has 1 unspecified atom stereocenters. The van der Waals surface area contributed by atoms with Crippen LogP contribution in [0.5, 0.6) is 0 Å². The Kier molecular flexibility index (Phi) is 1.84. The van der Waals surface area contributed by atoms with Gasteiger partial charge in [0.15, 0.2) is 0 Å². The molecule has 3 heteroatoms. The molecule has 1 aromatic rings. The maximum Gasteiger partial charge on any atom is 0.137 e. The predicted octanol–water partition coefficient (Wildman–Crippen LogP) is 0.853. The zero-order chi connectivity index (χ0) is 8.44. The first-order valence-electron chi connectivity index (χ1n) is 4.07. The smallest absolute Gasteiger partial charge is 0.137 e. The molecule has 1 aliphatic rings. The van der Waals surface area contributed by atoms with Crippen LogP contribution in [0, 0.1) is 11.3 Å². The number of hydroxylamine groups is 2. The van der Waals surface area contributed by atoms with Gasteiger partial charge in [-0.1, -0.05) is 0 Å². The molecule has 63 valence electrons. The number of quaternary nitrogens is 1. The molecule has 1 heterocycles. The zero-order valence-corrected chi connectivity index (χ0v) is 6.79. The third-order valence-electron chi connectivity index (χ3n) is 2.19. The van der Waals surface area contributed by atoms with E-state index in [1.807, 2.05) is 12.1 Å². The van der Waals surface area contributed by atoms with Crippen molar-refractivity contribution in [3.63, 3.8) is 0 Å². The third-order valence-corrected chi connectivity index (χ3v) is 2.19. The van der Waals surface area contributed by atoms with Gasteiger partial charge in [-0.15, -0.1) is 0 Å². The van der Waals surface area contributed by atoms with Crippen LogP contribution in [-0.4, -0.2) is 19.8 Å². The van der Waals surface area contributed by atoms with Gasteiger partial charge in [-0.2, -0.15) is 0 Å². The second-order valence-electron chi connectivity index (χ2n) is 3.03. The van der Waals surface area contributed by atoms with E-state index in [0.717, 1.165) is 12.2 Å². The molecule has 0 amide bonds. The lowest BCUT2D eigenvalue weighted by Gasteiger charge is -2.36. The Balaban J connectivity index is 2.29. The minimum atomic E-state index is -0.241. The first-order chi connectivity index (χ1) is 5.81. The quantitative estimate of drug-likeness (QED) is 0.492. The van der Waals surface area contributed by atoms with E-state index >= 15 is 0 Å². The average Bonchev–Trinajstić information content (AvgIpc) is 2.55. The van der Waals surface area contributed by atoms with Crippen molar-refractivity contribution in [2.75, 3.05) is 19.8 Å². The topological polar surface area (TPSA) is 35.1 Å². The minimum absolute atomic E-state index is 0.241. The summed E-state index contributed by atoms with van der Waals surface area (Å²) in [7, 11) is 0. The number of hydrogen-bond acceptors (Lipinski definition) is 2. The molecule has 1 N–H and O–H groups in total. The first kappa shape index (κ1) is 7.73. The van der Waals surface area contributed by atoms with Gasteiger partial charge in [-0.3, -0.25) is 5.32 Å². The lowest BCUT2D eigenvalue weighted by Crippen LogP contribution is -2.41. The molecule has 3 nitrogen and oxygen atoms in total. The molecule has 1 radical (unpaired) electrons. The maximum atomic E-state index is 12.0. The molecule has 0 aliphatic carbocycles. The highest BCUT2D eigenvalue weighted by molar-refractivity contribution is 5.43. The fourth-order valence-electron chi connectivity index (χ4n) is 1.47. The molecular weight excluding hydrogens is 152 g/mol. The van der Waals surface area contributed by atoms with Gasteiger partial charge in [0.1, 0.15) is 12.4 Å². The van der Waals surface area contributed by atoms with Crippen LogP contribution < -0.4 is 9.96 Å². The number of hydrogen-bond donors (Lipinski definition) is 1. The Labute approximate surface area is 71.8 Å². The molecule has 1 saturated heterocycles. The van der Waals surface area contributed by atoms with Crippen molar-refractivity contribution in [1.29, 1.82) is 0 Å². The molecule has 0 saturated carbocycles. The molecule has 2 rings (SSSR count). The molecular formula is C9H11N2O. The summed E-state index contributed by atoms with van der Waals surface area (Å²) < 4.78 is -0.241. The number of nitrogens with zero attached hydrogens (tertiary/aromatic N) is 1. The third kappa shape index (κ3) is 1.22. The monoisotopic (exact) mass is 163 g/mol. The van der Waals surface area contributed by atoms with Gasteiger partial charge in [0.05, 0.1) is 13.1 Å².